The molecule has 0 saturated carbocycles. The van der Waals surface area contributed by atoms with E-state index in [4.69, 9.17) is 5.26 Å². The highest BCUT2D eigenvalue weighted by atomic mass is 33.1. The largest absolute Gasteiger partial charge is 0.294 e. The Morgan fingerprint density at radius 2 is 2.55 bits per heavy atom. The third kappa shape index (κ3) is 1.85. The molecule has 5 heteroatoms. The third-order valence-corrected chi connectivity index (χ3v) is 2.83. The summed E-state index contributed by atoms with van der Waals surface area (Å²) < 4.78 is 3.81. The normalized spacial score (nSPS) is 19.6. The summed E-state index contributed by atoms with van der Waals surface area (Å²) in [6.07, 6.45) is 1.54. The molecule has 0 amide bonds. The van der Waals surface area contributed by atoms with Gasteiger partial charge < -0.3 is 0 Å². The van der Waals surface area contributed by atoms with Gasteiger partial charge in [-0.3, -0.25) is 4.79 Å². The van der Waals surface area contributed by atoms with Crippen LogP contribution >= 0.6 is 21.8 Å². The van der Waals surface area contributed by atoms with Crippen LogP contribution in [0.1, 0.15) is 6.92 Å². The van der Waals surface area contributed by atoms with Gasteiger partial charge in [-0.25, -0.2) is 4.40 Å². The minimum atomic E-state index is -0.205. The maximum atomic E-state index is 10.8. The van der Waals surface area contributed by atoms with Crippen LogP contribution in [0.3, 0.4) is 0 Å². The molecular weight excluding hydrogens is 180 g/mol. The first-order valence-electron chi connectivity index (χ1n) is 2.78. The van der Waals surface area contributed by atoms with E-state index in [1.807, 2.05) is 6.07 Å². The van der Waals surface area contributed by atoms with Crippen LogP contribution in [0.4, 0.5) is 0 Å². The zero-order valence-corrected chi connectivity index (χ0v) is 7.33. The summed E-state index contributed by atoms with van der Waals surface area (Å²) in [5.74, 6) is -0.205. The highest BCUT2D eigenvalue weighted by Gasteiger charge is 2.13. The molecule has 1 aliphatic heterocycles. The lowest BCUT2D eigenvalue weighted by Crippen LogP contribution is -1.96. The highest BCUT2D eigenvalue weighted by molar-refractivity contribution is 8.78. The van der Waals surface area contributed by atoms with Gasteiger partial charge in [0.1, 0.15) is 11.6 Å². The second-order valence-corrected chi connectivity index (χ2v) is 3.71. The fourth-order valence-electron chi connectivity index (χ4n) is 0.566. The minimum absolute atomic E-state index is 0.198. The van der Waals surface area contributed by atoms with Gasteiger partial charge in [0.15, 0.2) is 5.78 Å². The molecule has 0 unspecified atom stereocenters. The van der Waals surface area contributed by atoms with Crippen LogP contribution in [0.5, 0.6) is 0 Å². The van der Waals surface area contributed by atoms with E-state index in [9.17, 15) is 4.79 Å². The number of ketones is 1. The van der Waals surface area contributed by atoms with Crippen LogP contribution in [0, 0.1) is 11.3 Å². The van der Waals surface area contributed by atoms with Crippen molar-refractivity contribution in [3.8, 4) is 6.07 Å². The van der Waals surface area contributed by atoms with E-state index in [-0.39, 0.29) is 11.4 Å². The first kappa shape index (κ1) is 8.37. The summed E-state index contributed by atoms with van der Waals surface area (Å²) in [5, 5.41) is 8.54. The van der Waals surface area contributed by atoms with Crippen LogP contribution < -0.4 is 0 Å². The molecule has 0 bridgehead atoms. The van der Waals surface area contributed by atoms with Crippen LogP contribution in [-0.2, 0) is 4.79 Å². The predicted molar refractivity (Wildman–Crippen MR) is 47.0 cm³/mol. The van der Waals surface area contributed by atoms with E-state index in [0.29, 0.717) is 4.91 Å². The predicted octanol–water partition coefficient (Wildman–Crippen LogP) is 1.73. The fourth-order valence-corrected chi connectivity index (χ4v) is 2.15. The van der Waals surface area contributed by atoms with Gasteiger partial charge in [-0.2, -0.15) is 5.26 Å². The van der Waals surface area contributed by atoms with Gasteiger partial charge in [-0.1, -0.05) is 0 Å². The molecule has 56 valence electrons. The standard InChI is InChI=1S/C6H4N2OS2/c1-4(9)5(2-7)6-3-8-11-10-6/h3H,1H3/b6-5-. The van der Waals surface area contributed by atoms with Gasteiger partial charge in [0.05, 0.1) is 11.1 Å². The van der Waals surface area contributed by atoms with Gasteiger partial charge in [-0.15, -0.1) is 0 Å². The molecule has 0 saturated heterocycles. The van der Waals surface area contributed by atoms with E-state index < -0.39 is 0 Å². The van der Waals surface area contributed by atoms with E-state index in [2.05, 4.69) is 4.40 Å². The SMILES string of the molecule is CC(=O)/C(C#N)=C1/C=NSS1. The number of hydrogen-bond acceptors (Lipinski definition) is 5. The highest BCUT2D eigenvalue weighted by Crippen LogP contribution is 2.37. The summed E-state index contributed by atoms with van der Waals surface area (Å²) in [4.78, 5) is 11.5. The Kier molecular flexibility index (Phi) is 2.74. The van der Waals surface area contributed by atoms with Crippen molar-refractivity contribution in [3.63, 3.8) is 0 Å². The average Bonchev–Trinajstić information content (AvgIpc) is 2.40. The van der Waals surface area contributed by atoms with Gasteiger partial charge in [0, 0.05) is 11.0 Å². The van der Waals surface area contributed by atoms with Gasteiger partial charge >= 0.3 is 0 Å². The quantitative estimate of drug-likeness (QED) is 0.269. The number of hydrogen-bond donors (Lipinski definition) is 0. The number of nitrogens with zero attached hydrogens (tertiary/aromatic N) is 2. The molecule has 1 rings (SSSR count). The summed E-state index contributed by atoms with van der Waals surface area (Å²) in [6, 6.07) is 1.85. The number of nitriles is 1. The van der Waals surface area contributed by atoms with Crippen molar-refractivity contribution in [1.29, 1.82) is 5.26 Å². The number of Topliss-reactive ketones (excluding diaryl/α,β-unsaturated/α-hetero) is 1. The fraction of sp³-hybridized carbons (Fsp3) is 0.167. The molecule has 11 heavy (non-hydrogen) atoms. The van der Waals surface area contributed by atoms with Crippen molar-refractivity contribution >= 4 is 33.8 Å². The number of rotatable bonds is 1. The molecular formula is C6H4N2OS2. The average molecular weight is 184 g/mol. The smallest absolute Gasteiger partial charge is 0.171 e. The van der Waals surface area contributed by atoms with E-state index in [0.717, 1.165) is 0 Å². The van der Waals surface area contributed by atoms with Gasteiger partial charge in [0.2, 0.25) is 0 Å². The monoisotopic (exact) mass is 184 g/mol. The van der Waals surface area contributed by atoms with Crippen molar-refractivity contribution in [1.82, 2.24) is 0 Å². The van der Waals surface area contributed by atoms with Crippen molar-refractivity contribution in [2.24, 2.45) is 4.40 Å². The number of allylic oxidation sites excluding steroid dienone is 2. The van der Waals surface area contributed by atoms with E-state index >= 15 is 0 Å². The summed E-state index contributed by atoms with van der Waals surface area (Å²) in [5.41, 5.74) is 0.198. The van der Waals surface area contributed by atoms with Gasteiger partial charge in [-0.05, 0) is 17.7 Å². The molecule has 1 aliphatic rings. The molecule has 1 heterocycles. The molecule has 0 aromatic heterocycles. The second kappa shape index (κ2) is 3.60. The van der Waals surface area contributed by atoms with Gasteiger partial charge in [0.25, 0.3) is 0 Å². The molecule has 0 aromatic rings. The molecule has 3 nitrogen and oxygen atoms in total. The molecule has 0 N–H and O–H groups in total. The zero-order valence-electron chi connectivity index (χ0n) is 5.70. The zero-order chi connectivity index (χ0) is 8.27. The van der Waals surface area contributed by atoms with Crippen LogP contribution in [0.2, 0.25) is 0 Å². The molecule has 0 radical (unpaired) electrons. The third-order valence-electron chi connectivity index (χ3n) is 1.05. The lowest BCUT2D eigenvalue weighted by atomic mass is 10.2. The Morgan fingerprint density at radius 1 is 1.82 bits per heavy atom. The topological polar surface area (TPSA) is 53.2 Å². The van der Waals surface area contributed by atoms with Crippen molar-refractivity contribution in [2.45, 2.75) is 6.92 Å². The number of carbonyl (C=O) groups is 1. The van der Waals surface area contributed by atoms with Crippen molar-refractivity contribution in [3.05, 3.63) is 10.5 Å². The number of carbonyl (C=O) groups excluding carboxylic acids is 1. The van der Waals surface area contributed by atoms with Crippen molar-refractivity contribution in [2.75, 3.05) is 0 Å². The summed E-state index contributed by atoms with van der Waals surface area (Å²) in [7, 11) is 2.60. The Morgan fingerprint density at radius 3 is 2.91 bits per heavy atom. The van der Waals surface area contributed by atoms with E-state index in [1.165, 1.54) is 34.9 Å². The molecule has 0 aromatic carbocycles. The molecule has 0 fully saturated rings. The maximum Gasteiger partial charge on any atom is 0.171 e. The Bertz CT molecular complexity index is 287. The minimum Gasteiger partial charge on any atom is -0.294 e. The molecule has 0 atom stereocenters. The van der Waals surface area contributed by atoms with Crippen LogP contribution in [-0.4, -0.2) is 12.0 Å². The first-order valence-corrected chi connectivity index (χ1v) is 4.88. The lowest BCUT2D eigenvalue weighted by Gasteiger charge is -1.91. The summed E-state index contributed by atoms with van der Waals surface area (Å²) in [6.45, 7) is 1.38. The lowest BCUT2D eigenvalue weighted by molar-refractivity contribution is -0.113. The molecule has 0 aliphatic carbocycles. The van der Waals surface area contributed by atoms with Crippen molar-refractivity contribution < 1.29 is 4.79 Å². The Balaban J connectivity index is 3.00. The van der Waals surface area contributed by atoms with E-state index in [1.54, 1.807) is 0 Å². The van der Waals surface area contributed by atoms with Crippen LogP contribution in [0.25, 0.3) is 0 Å². The second-order valence-electron chi connectivity index (χ2n) is 1.80. The maximum absolute atomic E-state index is 10.8. The Hall–Kier alpha value is -0.730. The summed E-state index contributed by atoms with van der Waals surface area (Å²) >= 11 is 0. The Labute approximate surface area is 72.1 Å². The molecule has 0 spiro atoms. The first-order chi connectivity index (χ1) is 5.25. The van der Waals surface area contributed by atoms with Crippen LogP contribution in [0.15, 0.2) is 14.9 Å².